The van der Waals surface area contributed by atoms with E-state index in [2.05, 4.69) is 10.2 Å². The highest BCUT2D eigenvalue weighted by molar-refractivity contribution is 5.97. The minimum atomic E-state index is -0.175. The molecule has 1 aromatic rings. The average molecular weight is 196 g/mol. The van der Waals surface area contributed by atoms with Crippen molar-refractivity contribution in [3.05, 3.63) is 11.4 Å². The second-order valence-corrected chi connectivity index (χ2v) is 3.75. The summed E-state index contributed by atoms with van der Waals surface area (Å²) < 4.78 is 0. The number of nitrogens with zero attached hydrogens (tertiary/aromatic N) is 2. The standard InChI is InChI=1S/C9H16N4O/c1-5(2)7-6(10)8(12-11-7)9(14)13(3)4/h5H,10H2,1-4H3,(H,11,12). The molecule has 0 saturated heterocycles. The Kier molecular flexibility index (Phi) is 2.78. The van der Waals surface area contributed by atoms with Gasteiger partial charge in [-0.15, -0.1) is 0 Å². The lowest BCUT2D eigenvalue weighted by Gasteiger charge is -2.08. The van der Waals surface area contributed by atoms with Crippen LogP contribution >= 0.6 is 0 Å². The number of anilines is 1. The zero-order valence-corrected chi connectivity index (χ0v) is 8.96. The fraction of sp³-hybridized carbons (Fsp3) is 0.556. The normalized spacial score (nSPS) is 10.6. The molecule has 1 aromatic heterocycles. The summed E-state index contributed by atoms with van der Waals surface area (Å²) in [5.74, 6) is 0.0665. The van der Waals surface area contributed by atoms with Gasteiger partial charge in [-0.2, -0.15) is 5.10 Å². The minimum Gasteiger partial charge on any atom is -0.395 e. The lowest BCUT2D eigenvalue weighted by atomic mass is 10.1. The molecule has 0 aromatic carbocycles. The highest BCUT2D eigenvalue weighted by Crippen LogP contribution is 2.22. The lowest BCUT2D eigenvalue weighted by Crippen LogP contribution is -2.23. The fourth-order valence-electron chi connectivity index (χ4n) is 1.18. The smallest absolute Gasteiger partial charge is 0.275 e. The van der Waals surface area contributed by atoms with Gasteiger partial charge in [0.05, 0.1) is 11.4 Å². The number of hydrogen-bond acceptors (Lipinski definition) is 3. The van der Waals surface area contributed by atoms with Gasteiger partial charge in [-0.1, -0.05) is 13.8 Å². The maximum Gasteiger partial charge on any atom is 0.275 e. The molecule has 0 fully saturated rings. The molecule has 1 amide bonds. The van der Waals surface area contributed by atoms with Crippen LogP contribution in [-0.4, -0.2) is 35.1 Å². The zero-order valence-electron chi connectivity index (χ0n) is 8.96. The van der Waals surface area contributed by atoms with Gasteiger partial charge in [0.15, 0.2) is 5.69 Å². The van der Waals surface area contributed by atoms with E-state index in [1.165, 1.54) is 4.90 Å². The van der Waals surface area contributed by atoms with Gasteiger partial charge < -0.3 is 10.6 Å². The number of aromatic nitrogens is 2. The summed E-state index contributed by atoms with van der Waals surface area (Å²) in [6.07, 6.45) is 0. The van der Waals surface area contributed by atoms with Crippen LogP contribution in [0.15, 0.2) is 0 Å². The quantitative estimate of drug-likeness (QED) is 0.735. The second-order valence-electron chi connectivity index (χ2n) is 3.75. The molecule has 3 N–H and O–H groups in total. The van der Waals surface area contributed by atoms with E-state index in [0.717, 1.165) is 5.69 Å². The molecular weight excluding hydrogens is 180 g/mol. The number of aromatic amines is 1. The number of carbonyl (C=O) groups excluding carboxylic acids is 1. The zero-order chi connectivity index (χ0) is 10.9. The van der Waals surface area contributed by atoms with Crippen molar-refractivity contribution in [1.82, 2.24) is 15.1 Å². The Morgan fingerprint density at radius 1 is 1.50 bits per heavy atom. The number of nitrogens with two attached hydrogens (primary N) is 1. The Labute approximate surface area is 83.3 Å². The lowest BCUT2D eigenvalue weighted by molar-refractivity contribution is 0.0823. The van der Waals surface area contributed by atoms with Crippen LogP contribution in [-0.2, 0) is 0 Å². The number of nitrogen functional groups attached to an aromatic ring is 1. The molecule has 1 heterocycles. The number of rotatable bonds is 2. The van der Waals surface area contributed by atoms with E-state index in [0.29, 0.717) is 11.4 Å². The summed E-state index contributed by atoms with van der Waals surface area (Å²) in [5, 5.41) is 6.70. The molecule has 0 aliphatic carbocycles. The third-order valence-electron chi connectivity index (χ3n) is 2.02. The molecule has 14 heavy (non-hydrogen) atoms. The molecule has 1 rings (SSSR count). The molecule has 0 aliphatic rings. The molecule has 0 saturated carbocycles. The largest absolute Gasteiger partial charge is 0.395 e. The third-order valence-corrected chi connectivity index (χ3v) is 2.02. The highest BCUT2D eigenvalue weighted by atomic mass is 16.2. The van der Waals surface area contributed by atoms with Crippen molar-refractivity contribution >= 4 is 11.6 Å². The maximum absolute atomic E-state index is 11.6. The molecule has 0 spiro atoms. The van der Waals surface area contributed by atoms with Gasteiger partial charge in [0.2, 0.25) is 0 Å². The minimum absolute atomic E-state index is 0.175. The van der Waals surface area contributed by atoms with E-state index < -0.39 is 0 Å². The first-order chi connectivity index (χ1) is 6.45. The molecular formula is C9H16N4O. The summed E-state index contributed by atoms with van der Waals surface area (Å²) >= 11 is 0. The number of carbonyl (C=O) groups is 1. The van der Waals surface area contributed by atoms with Crippen molar-refractivity contribution in [2.24, 2.45) is 0 Å². The topological polar surface area (TPSA) is 75.0 Å². The summed E-state index contributed by atoms with van der Waals surface area (Å²) in [5.41, 5.74) is 7.38. The van der Waals surface area contributed by atoms with Crippen LogP contribution < -0.4 is 5.73 Å². The van der Waals surface area contributed by atoms with Crippen molar-refractivity contribution in [1.29, 1.82) is 0 Å². The molecule has 0 bridgehead atoms. The summed E-state index contributed by atoms with van der Waals surface area (Å²) in [6, 6.07) is 0. The van der Waals surface area contributed by atoms with Gasteiger partial charge in [-0.25, -0.2) is 0 Å². The molecule has 0 aliphatic heterocycles. The van der Waals surface area contributed by atoms with Crippen LogP contribution in [0.3, 0.4) is 0 Å². The molecule has 5 heteroatoms. The SMILES string of the molecule is CC(C)c1[nH]nc(C(=O)N(C)C)c1N. The number of nitrogens with one attached hydrogen (secondary N) is 1. The van der Waals surface area contributed by atoms with E-state index in [4.69, 9.17) is 5.73 Å². The first-order valence-electron chi connectivity index (χ1n) is 4.50. The molecule has 0 atom stereocenters. The number of hydrogen-bond donors (Lipinski definition) is 2. The van der Waals surface area contributed by atoms with E-state index in [-0.39, 0.29) is 11.8 Å². The van der Waals surface area contributed by atoms with E-state index >= 15 is 0 Å². The Bertz CT molecular complexity index is 341. The van der Waals surface area contributed by atoms with Crippen LogP contribution in [0.5, 0.6) is 0 Å². The van der Waals surface area contributed by atoms with Gasteiger partial charge in [0.25, 0.3) is 5.91 Å². The molecule has 78 valence electrons. The Balaban J connectivity index is 3.07. The molecule has 0 radical (unpaired) electrons. The monoisotopic (exact) mass is 196 g/mol. The van der Waals surface area contributed by atoms with Gasteiger partial charge in [0.1, 0.15) is 0 Å². The van der Waals surface area contributed by atoms with Crippen LogP contribution in [0.1, 0.15) is 35.9 Å². The fourth-order valence-corrected chi connectivity index (χ4v) is 1.18. The number of H-pyrrole nitrogens is 1. The van der Waals surface area contributed by atoms with E-state index in [1.807, 2.05) is 13.8 Å². The van der Waals surface area contributed by atoms with Crippen molar-refractivity contribution in [3.8, 4) is 0 Å². The summed E-state index contributed by atoms with van der Waals surface area (Å²) in [6.45, 7) is 3.99. The van der Waals surface area contributed by atoms with Crippen molar-refractivity contribution in [3.63, 3.8) is 0 Å². The third kappa shape index (κ3) is 1.71. The number of amides is 1. The van der Waals surface area contributed by atoms with Gasteiger partial charge in [0, 0.05) is 14.1 Å². The van der Waals surface area contributed by atoms with Crippen molar-refractivity contribution < 1.29 is 4.79 Å². The van der Waals surface area contributed by atoms with E-state index in [9.17, 15) is 4.79 Å². The van der Waals surface area contributed by atoms with Crippen LogP contribution in [0, 0.1) is 0 Å². The summed E-state index contributed by atoms with van der Waals surface area (Å²) in [7, 11) is 3.34. The van der Waals surface area contributed by atoms with Crippen LogP contribution in [0.2, 0.25) is 0 Å². The highest BCUT2D eigenvalue weighted by Gasteiger charge is 2.19. The van der Waals surface area contributed by atoms with Crippen molar-refractivity contribution in [2.45, 2.75) is 19.8 Å². The molecule has 0 unspecified atom stereocenters. The predicted octanol–water partition coefficient (Wildman–Crippen LogP) is 0.817. The van der Waals surface area contributed by atoms with Gasteiger partial charge in [-0.05, 0) is 5.92 Å². The molecule has 5 nitrogen and oxygen atoms in total. The second kappa shape index (κ2) is 3.69. The van der Waals surface area contributed by atoms with Crippen molar-refractivity contribution in [2.75, 3.05) is 19.8 Å². The Morgan fingerprint density at radius 3 is 2.43 bits per heavy atom. The first kappa shape index (κ1) is 10.6. The van der Waals surface area contributed by atoms with Gasteiger partial charge >= 0.3 is 0 Å². The van der Waals surface area contributed by atoms with Gasteiger partial charge in [-0.3, -0.25) is 9.89 Å². The first-order valence-corrected chi connectivity index (χ1v) is 4.50. The summed E-state index contributed by atoms with van der Waals surface area (Å²) in [4.78, 5) is 13.0. The van der Waals surface area contributed by atoms with Crippen LogP contribution in [0.25, 0.3) is 0 Å². The maximum atomic E-state index is 11.6. The Morgan fingerprint density at radius 2 is 2.07 bits per heavy atom. The average Bonchev–Trinajstić information content (AvgIpc) is 2.45. The van der Waals surface area contributed by atoms with E-state index in [1.54, 1.807) is 14.1 Å². The predicted molar refractivity (Wildman–Crippen MR) is 55.1 cm³/mol. The van der Waals surface area contributed by atoms with Crippen LogP contribution in [0.4, 0.5) is 5.69 Å². The Hall–Kier alpha value is -1.52.